The van der Waals surface area contributed by atoms with Crippen molar-refractivity contribution in [3.05, 3.63) is 53.8 Å². The summed E-state index contributed by atoms with van der Waals surface area (Å²) in [4.78, 5) is 9.87. The third-order valence-corrected chi connectivity index (χ3v) is 7.07. The molecule has 3 aromatic rings. The number of benzene rings is 2. The van der Waals surface area contributed by atoms with Crippen LogP contribution in [0.5, 0.6) is 0 Å². The van der Waals surface area contributed by atoms with Crippen LogP contribution in [0, 0.1) is 5.82 Å². The first-order valence-corrected chi connectivity index (χ1v) is 11.1. The maximum Gasteiger partial charge on any atom is 0.140 e. The summed E-state index contributed by atoms with van der Waals surface area (Å²) in [6, 6.07) is 13.6. The minimum Gasteiger partial charge on any atom is -0.385 e. The van der Waals surface area contributed by atoms with E-state index in [2.05, 4.69) is 46.4 Å². The number of thiophene rings is 1. The highest BCUT2D eigenvalue weighted by Crippen LogP contribution is 2.43. The van der Waals surface area contributed by atoms with Crippen LogP contribution in [0.3, 0.4) is 0 Å². The van der Waals surface area contributed by atoms with Gasteiger partial charge >= 0.3 is 0 Å². The van der Waals surface area contributed by atoms with Gasteiger partial charge in [0.1, 0.15) is 16.7 Å². The average Bonchev–Trinajstić information content (AvgIpc) is 3.02. The molecule has 5 rings (SSSR count). The Morgan fingerprint density at radius 1 is 1.19 bits per heavy atom. The number of fused-ring (bicyclic) bond motifs is 4. The van der Waals surface area contributed by atoms with Crippen molar-refractivity contribution in [1.29, 1.82) is 0 Å². The first-order valence-electron chi connectivity index (χ1n) is 10.3. The molecule has 1 fully saturated rings. The number of likely N-dealkylation sites (N-methyl/N-ethyl adjacent to an activating group) is 1. The van der Waals surface area contributed by atoms with Crippen LogP contribution in [0.25, 0.3) is 10.1 Å². The van der Waals surface area contributed by atoms with Gasteiger partial charge in [-0.2, -0.15) is 0 Å². The number of amidine groups is 1. The average molecular weight is 497 g/mol. The van der Waals surface area contributed by atoms with Gasteiger partial charge in [0, 0.05) is 49.5 Å². The van der Waals surface area contributed by atoms with Gasteiger partial charge in [-0.3, -0.25) is 4.90 Å². The zero-order valence-corrected chi connectivity index (χ0v) is 20.5. The van der Waals surface area contributed by atoms with Gasteiger partial charge in [-0.05, 0) is 37.7 Å². The van der Waals surface area contributed by atoms with E-state index in [1.54, 1.807) is 24.5 Å². The summed E-state index contributed by atoms with van der Waals surface area (Å²) in [5, 5.41) is 5.67. The molecule has 9 heteroatoms. The van der Waals surface area contributed by atoms with Crippen molar-refractivity contribution in [3.8, 4) is 0 Å². The number of hydrogen-bond donors (Lipinski definition) is 1. The summed E-state index contributed by atoms with van der Waals surface area (Å²) in [6.07, 6.45) is 0.980. The van der Waals surface area contributed by atoms with E-state index in [9.17, 15) is 4.39 Å². The third kappa shape index (κ3) is 4.58. The molecule has 2 aromatic carbocycles. The summed E-state index contributed by atoms with van der Waals surface area (Å²) < 4.78 is 20.5. The van der Waals surface area contributed by atoms with Crippen molar-refractivity contribution < 1.29 is 9.13 Å². The van der Waals surface area contributed by atoms with Gasteiger partial charge in [0.05, 0.1) is 16.9 Å². The van der Waals surface area contributed by atoms with E-state index in [0.29, 0.717) is 11.7 Å². The van der Waals surface area contributed by atoms with Crippen molar-refractivity contribution in [1.82, 2.24) is 9.80 Å². The molecule has 0 radical (unpaired) electrons. The number of halogens is 3. The molecular formula is C23H27Cl2FN4OS. The van der Waals surface area contributed by atoms with Crippen molar-refractivity contribution in [3.63, 3.8) is 0 Å². The molecule has 2 aliphatic heterocycles. The Labute approximate surface area is 204 Å². The minimum absolute atomic E-state index is 0. The number of ether oxygens (including phenoxy) is 1. The number of rotatable bonds is 3. The quantitative estimate of drug-likeness (QED) is 0.506. The van der Waals surface area contributed by atoms with Gasteiger partial charge in [-0.1, -0.05) is 18.2 Å². The molecule has 1 saturated heterocycles. The molecule has 1 aromatic heterocycles. The van der Waals surface area contributed by atoms with Crippen molar-refractivity contribution in [2.45, 2.75) is 12.5 Å². The SMILES string of the molecule is COCCC1CN(C2=Nc3ccc(F)cc3Nc3sc4ccccc4c32)CCN1C.Cl.Cl. The number of piperazine rings is 1. The Kier molecular flexibility index (Phi) is 8.01. The van der Waals surface area contributed by atoms with Crippen LogP contribution in [0.1, 0.15) is 12.0 Å². The molecule has 2 aliphatic rings. The standard InChI is InChI=1S/C23H25FN4OS.2ClH/c1-27-10-11-28(14-16(27)9-12-29-2)22-21-17-5-3-4-6-20(17)30-23(21)26-19-13-15(24)7-8-18(19)25-22;;/h3-8,13,16,26H,9-12,14H2,1-2H3;2*1H. The Balaban J connectivity index is 0.00000144. The Morgan fingerprint density at radius 2 is 2.00 bits per heavy atom. The minimum atomic E-state index is -0.262. The lowest BCUT2D eigenvalue weighted by Crippen LogP contribution is -2.53. The van der Waals surface area contributed by atoms with Gasteiger partial charge in [0.2, 0.25) is 0 Å². The maximum absolute atomic E-state index is 14.0. The highest BCUT2D eigenvalue weighted by molar-refractivity contribution is 7.23. The molecule has 172 valence electrons. The van der Waals surface area contributed by atoms with Gasteiger partial charge in [-0.25, -0.2) is 9.38 Å². The topological polar surface area (TPSA) is 40.1 Å². The second-order valence-electron chi connectivity index (χ2n) is 7.89. The van der Waals surface area contributed by atoms with E-state index >= 15 is 0 Å². The van der Waals surface area contributed by atoms with Crippen molar-refractivity contribution in [2.24, 2.45) is 4.99 Å². The largest absolute Gasteiger partial charge is 0.385 e. The van der Waals surface area contributed by atoms with Crippen molar-refractivity contribution >= 4 is 68.4 Å². The first kappa shape index (κ1) is 24.7. The van der Waals surface area contributed by atoms with Gasteiger partial charge in [-0.15, -0.1) is 36.2 Å². The van der Waals surface area contributed by atoms with Crippen LogP contribution in [-0.2, 0) is 4.74 Å². The first-order chi connectivity index (χ1) is 14.6. The summed E-state index contributed by atoms with van der Waals surface area (Å²) in [6.45, 7) is 3.50. The Hall–Kier alpha value is -1.90. The van der Waals surface area contributed by atoms with Crippen LogP contribution in [0.15, 0.2) is 47.5 Å². The second-order valence-corrected chi connectivity index (χ2v) is 8.94. The summed E-state index contributed by atoms with van der Waals surface area (Å²) >= 11 is 1.69. The Morgan fingerprint density at radius 3 is 2.81 bits per heavy atom. The lowest BCUT2D eigenvalue weighted by Gasteiger charge is -2.41. The fraction of sp³-hybridized carbons (Fsp3) is 0.348. The molecule has 1 atom stereocenters. The van der Waals surface area contributed by atoms with E-state index in [1.165, 1.54) is 22.2 Å². The van der Waals surface area contributed by atoms with Gasteiger partial charge < -0.3 is 15.0 Å². The van der Waals surface area contributed by atoms with E-state index in [1.807, 2.05) is 0 Å². The third-order valence-electron chi connectivity index (χ3n) is 5.98. The molecular weight excluding hydrogens is 470 g/mol. The molecule has 0 spiro atoms. The van der Waals surface area contributed by atoms with Crippen LogP contribution in [0.2, 0.25) is 0 Å². The molecule has 3 heterocycles. The highest BCUT2D eigenvalue weighted by Gasteiger charge is 2.31. The van der Waals surface area contributed by atoms with Crippen LogP contribution in [0.4, 0.5) is 20.8 Å². The van der Waals surface area contributed by atoms with Gasteiger partial charge in [0.25, 0.3) is 0 Å². The number of nitrogens with zero attached hydrogens (tertiary/aromatic N) is 3. The van der Waals surface area contributed by atoms with Crippen LogP contribution < -0.4 is 5.32 Å². The lowest BCUT2D eigenvalue weighted by atomic mass is 10.1. The summed E-state index contributed by atoms with van der Waals surface area (Å²) in [7, 11) is 3.93. The number of anilines is 2. The smallest absolute Gasteiger partial charge is 0.140 e. The normalized spacial score (nSPS) is 17.9. The van der Waals surface area contributed by atoms with Crippen molar-refractivity contribution in [2.75, 3.05) is 45.7 Å². The maximum atomic E-state index is 14.0. The molecule has 5 nitrogen and oxygen atoms in total. The second kappa shape index (κ2) is 10.4. The number of nitrogens with one attached hydrogen (secondary N) is 1. The highest BCUT2D eigenvalue weighted by atomic mass is 35.5. The molecule has 1 N–H and O–H groups in total. The lowest BCUT2D eigenvalue weighted by molar-refractivity contribution is 0.100. The Bertz CT molecular complexity index is 1120. The molecule has 32 heavy (non-hydrogen) atoms. The van der Waals surface area contributed by atoms with Gasteiger partial charge in [0.15, 0.2) is 0 Å². The summed E-state index contributed by atoms with van der Waals surface area (Å²) in [5.41, 5.74) is 2.59. The van der Waals surface area contributed by atoms with Crippen LogP contribution in [-0.4, -0.2) is 62.1 Å². The van der Waals surface area contributed by atoms with E-state index in [4.69, 9.17) is 9.73 Å². The van der Waals surface area contributed by atoms with E-state index in [0.717, 1.165) is 54.7 Å². The van der Waals surface area contributed by atoms with E-state index in [-0.39, 0.29) is 30.6 Å². The molecule has 0 bridgehead atoms. The molecule has 0 amide bonds. The predicted octanol–water partition coefficient (Wildman–Crippen LogP) is 5.67. The predicted molar refractivity (Wildman–Crippen MR) is 137 cm³/mol. The monoisotopic (exact) mass is 496 g/mol. The molecule has 1 unspecified atom stereocenters. The zero-order valence-electron chi connectivity index (χ0n) is 18.0. The van der Waals surface area contributed by atoms with Crippen LogP contribution >= 0.6 is 36.2 Å². The number of hydrogen-bond acceptors (Lipinski definition) is 6. The molecule has 0 saturated carbocycles. The molecule has 0 aliphatic carbocycles. The fourth-order valence-corrected chi connectivity index (χ4v) is 5.40. The zero-order chi connectivity index (χ0) is 20.7. The number of methoxy groups -OCH3 is 1. The fourth-order valence-electron chi connectivity index (χ4n) is 4.29. The number of aliphatic imine (C=N–C) groups is 1. The summed E-state index contributed by atoms with van der Waals surface area (Å²) in [5.74, 6) is 0.706. The van der Waals surface area contributed by atoms with E-state index < -0.39 is 0 Å².